The molecule has 4 heteroatoms. The molecule has 0 saturated heterocycles. The van der Waals surface area contributed by atoms with E-state index in [0.717, 1.165) is 5.56 Å². The zero-order chi connectivity index (χ0) is 13.1. The molecule has 0 bridgehead atoms. The molecule has 0 spiro atoms. The van der Waals surface area contributed by atoms with Crippen LogP contribution in [-0.4, -0.2) is 17.6 Å². The molecular formula is C13H18ClNO2. The number of hydrogen-bond acceptors (Lipinski definition) is 2. The predicted octanol–water partition coefficient (Wildman–Crippen LogP) is 3.10. The molecule has 0 aromatic heterocycles. The Morgan fingerprint density at radius 3 is 2.41 bits per heavy atom. The van der Waals surface area contributed by atoms with E-state index in [1.807, 2.05) is 31.2 Å². The fraction of sp³-hybridized carbons (Fsp3) is 0.462. The number of aliphatic carboxylic acids is 1. The first-order valence-electron chi connectivity index (χ1n) is 5.55. The van der Waals surface area contributed by atoms with E-state index < -0.39 is 11.4 Å². The molecule has 0 aliphatic rings. The number of carboxylic acid groups (broad SMARTS) is 1. The van der Waals surface area contributed by atoms with Gasteiger partial charge in [0, 0.05) is 17.6 Å². The summed E-state index contributed by atoms with van der Waals surface area (Å²) in [7, 11) is 0. The van der Waals surface area contributed by atoms with Crippen molar-refractivity contribution in [2.24, 2.45) is 5.41 Å². The molecule has 17 heavy (non-hydrogen) atoms. The van der Waals surface area contributed by atoms with Crippen LogP contribution in [0.2, 0.25) is 5.02 Å². The monoisotopic (exact) mass is 255 g/mol. The molecule has 0 amide bonds. The van der Waals surface area contributed by atoms with Crippen molar-refractivity contribution in [3.05, 3.63) is 34.9 Å². The van der Waals surface area contributed by atoms with Gasteiger partial charge in [0.2, 0.25) is 0 Å². The second-order valence-corrected chi connectivity index (χ2v) is 5.28. The molecule has 1 aromatic rings. The fourth-order valence-electron chi connectivity index (χ4n) is 1.35. The lowest BCUT2D eigenvalue weighted by atomic mass is 9.93. The number of benzene rings is 1. The number of rotatable bonds is 5. The SMILES string of the molecule is C[C@H](NCC(C)(C)C(=O)O)c1ccc(Cl)cc1. The molecule has 0 unspecified atom stereocenters. The van der Waals surface area contributed by atoms with Crippen molar-refractivity contribution in [1.82, 2.24) is 5.32 Å². The summed E-state index contributed by atoms with van der Waals surface area (Å²) in [5, 5.41) is 12.9. The standard InChI is InChI=1S/C13H18ClNO2/c1-9(10-4-6-11(14)7-5-10)15-8-13(2,3)12(16)17/h4-7,9,15H,8H2,1-3H3,(H,16,17)/t9-/m0/s1. The molecule has 0 fully saturated rings. The van der Waals surface area contributed by atoms with E-state index in [4.69, 9.17) is 16.7 Å². The Balaban J connectivity index is 2.58. The molecule has 94 valence electrons. The van der Waals surface area contributed by atoms with Gasteiger partial charge in [-0.15, -0.1) is 0 Å². The van der Waals surface area contributed by atoms with Crippen LogP contribution in [0.5, 0.6) is 0 Å². The smallest absolute Gasteiger partial charge is 0.310 e. The van der Waals surface area contributed by atoms with E-state index in [0.29, 0.717) is 11.6 Å². The highest BCUT2D eigenvalue weighted by Gasteiger charge is 2.27. The summed E-state index contributed by atoms with van der Waals surface area (Å²) in [4.78, 5) is 11.0. The maximum absolute atomic E-state index is 11.0. The van der Waals surface area contributed by atoms with Gasteiger partial charge in [-0.05, 0) is 38.5 Å². The first-order valence-corrected chi connectivity index (χ1v) is 5.93. The van der Waals surface area contributed by atoms with Gasteiger partial charge in [0.15, 0.2) is 0 Å². The van der Waals surface area contributed by atoms with Gasteiger partial charge >= 0.3 is 5.97 Å². The first kappa shape index (κ1) is 14.0. The minimum Gasteiger partial charge on any atom is -0.481 e. The third-order valence-electron chi connectivity index (χ3n) is 2.80. The summed E-state index contributed by atoms with van der Waals surface area (Å²) in [6, 6.07) is 7.64. The zero-order valence-electron chi connectivity index (χ0n) is 10.3. The summed E-state index contributed by atoms with van der Waals surface area (Å²) in [6.45, 7) is 5.83. The van der Waals surface area contributed by atoms with Crippen molar-refractivity contribution < 1.29 is 9.90 Å². The summed E-state index contributed by atoms with van der Waals surface area (Å²) in [5.41, 5.74) is 0.330. The van der Waals surface area contributed by atoms with Gasteiger partial charge in [0.25, 0.3) is 0 Å². The van der Waals surface area contributed by atoms with Crippen LogP contribution in [-0.2, 0) is 4.79 Å². The van der Waals surface area contributed by atoms with E-state index in [1.165, 1.54) is 0 Å². The number of halogens is 1. The Hall–Kier alpha value is -1.06. The average molecular weight is 256 g/mol. The van der Waals surface area contributed by atoms with Gasteiger partial charge in [-0.2, -0.15) is 0 Å². The minimum absolute atomic E-state index is 0.103. The maximum atomic E-state index is 11.0. The summed E-state index contributed by atoms with van der Waals surface area (Å²) in [6.07, 6.45) is 0. The Morgan fingerprint density at radius 2 is 1.94 bits per heavy atom. The second-order valence-electron chi connectivity index (χ2n) is 4.84. The minimum atomic E-state index is -0.798. The van der Waals surface area contributed by atoms with Crippen molar-refractivity contribution in [2.75, 3.05) is 6.54 Å². The quantitative estimate of drug-likeness (QED) is 0.850. The lowest BCUT2D eigenvalue weighted by molar-refractivity contribution is -0.146. The van der Waals surface area contributed by atoms with Crippen LogP contribution in [0.4, 0.5) is 0 Å². The maximum Gasteiger partial charge on any atom is 0.310 e. The number of nitrogens with one attached hydrogen (secondary N) is 1. The van der Waals surface area contributed by atoms with Crippen molar-refractivity contribution in [3.8, 4) is 0 Å². The van der Waals surface area contributed by atoms with Crippen LogP contribution in [0.3, 0.4) is 0 Å². The summed E-state index contributed by atoms with van der Waals surface area (Å²) >= 11 is 5.81. The van der Waals surface area contributed by atoms with Gasteiger partial charge in [0.1, 0.15) is 0 Å². The van der Waals surface area contributed by atoms with E-state index in [1.54, 1.807) is 13.8 Å². The molecule has 0 aliphatic carbocycles. The molecule has 1 aromatic carbocycles. The van der Waals surface area contributed by atoms with E-state index in [-0.39, 0.29) is 6.04 Å². The Labute approximate surface area is 107 Å². The fourth-order valence-corrected chi connectivity index (χ4v) is 1.48. The van der Waals surface area contributed by atoms with Crippen molar-refractivity contribution >= 4 is 17.6 Å². The number of hydrogen-bond donors (Lipinski definition) is 2. The van der Waals surface area contributed by atoms with Crippen LogP contribution >= 0.6 is 11.6 Å². The Morgan fingerprint density at radius 1 is 1.41 bits per heavy atom. The molecule has 0 heterocycles. The second kappa shape index (κ2) is 5.52. The van der Waals surface area contributed by atoms with Crippen LogP contribution in [0.25, 0.3) is 0 Å². The summed E-state index contributed by atoms with van der Waals surface area (Å²) < 4.78 is 0. The molecule has 0 aliphatic heterocycles. The topological polar surface area (TPSA) is 49.3 Å². The van der Waals surface area contributed by atoms with Gasteiger partial charge in [-0.25, -0.2) is 0 Å². The lowest BCUT2D eigenvalue weighted by Gasteiger charge is -2.23. The molecule has 2 N–H and O–H groups in total. The van der Waals surface area contributed by atoms with E-state index in [9.17, 15) is 4.79 Å². The van der Waals surface area contributed by atoms with E-state index >= 15 is 0 Å². The normalized spacial score (nSPS) is 13.4. The molecule has 0 saturated carbocycles. The Kier molecular flexibility index (Phi) is 4.54. The lowest BCUT2D eigenvalue weighted by Crippen LogP contribution is -2.37. The van der Waals surface area contributed by atoms with Crippen LogP contribution in [0.1, 0.15) is 32.4 Å². The molecule has 1 atom stereocenters. The zero-order valence-corrected chi connectivity index (χ0v) is 11.1. The van der Waals surface area contributed by atoms with Gasteiger partial charge in [-0.1, -0.05) is 23.7 Å². The third kappa shape index (κ3) is 4.02. The molecular weight excluding hydrogens is 238 g/mol. The van der Waals surface area contributed by atoms with Crippen molar-refractivity contribution in [2.45, 2.75) is 26.8 Å². The number of carboxylic acids is 1. The highest BCUT2D eigenvalue weighted by molar-refractivity contribution is 6.30. The van der Waals surface area contributed by atoms with Crippen LogP contribution in [0.15, 0.2) is 24.3 Å². The Bertz CT molecular complexity index is 387. The van der Waals surface area contributed by atoms with Gasteiger partial charge < -0.3 is 10.4 Å². The molecule has 0 radical (unpaired) electrons. The van der Waals surface area contributed by atoms with Gasteiger partial charge in [-0.3, -0.25) is 4.79 Å². The predicted molar refractivity (Wildman–Crippen MR) is 69.3 cm³/mol. The highest BCUT2D eigenvalue weighted by Crippen LogP contribution is 2.19. The molecule has 3 nitrogen and oxygen atoms in total. The van der Waals surface area contributed by atoms with E-state index in [2.05, 4.69) is 5.32 Å². The largest absolute Gasteiger partial charge is 0.481 e. The first-order chi connectivity index (χ1) is 7.83. The third-order valence-corrected chi connectivity index (χ3v) is 3.05. The van der Waals surface area contributed by atoms with Crippen molar-refractivity contribution in [3.63, 3.8) is 0 Å². The highest BCUT2D eigenvalue weighted by atomic mass is 35.5. The van der Waals surface area contributed by atoms with Crippen LogP contribution < -0.4 is 5.32 Å². The van der Waals surface area contributed by atoms with Crippen LogP contribution in [0, 0.1) is 5.41 Å². The number of carbonyl (C=O) groups is 1. The van der Waals surface area contributed by atoms with Gasteiger partial charge in [0.05, 0.1) is 5.41 Å². The van der Waals surface area contributed by atoms with Crippen molar-refractivity contribution in [1.29, 1.82) is 0 Å². The molecule has 1 rings (SSSR count). The average Bonchev–Trinajstić information content (AvgIpc) is 2.27. The summed E-state index contributed by atoms with van der Waals surface area (Å²) in [5.74, 6) is -0.798.